The van der Waals surface area contributed by atoms with Gasteiger partial charge in [-0.2, -0.15) is 0 Å². The van der Waals surface area contributed by atoms with Gasteiger partial charge in [-0.15, -0.1) is 0 Å². The molecule has 0 amide bonds. The van der Waals surface area contributed by atoms with Crippen molar-refractivity contribution in [1.82, 2.24) is 15.0 Å². The average Bonchev–Trinajstić information content (AvgIpc) is 2.38. The van der Waals surface area contributed by atoms with Crippen LogP contribution < -0.4 is 5.32 Å². The van der Waals surface area contributed by atoms with Crippen molar-refractivity contribution in [1.29, 1.82) is 0 Å². The van der Waals surface area contributed by atoms with E-state index in [2.05, 4.69) is 20.3 Å². The third-order valence-corrected chi connectivity index (χ3v) is 3.83. The van der Waals surface area contributed by atoms with E-state index in [4.69, 9.17) is 0 Å². The number of anilines is 1. The number of sulfone groups is 1. The molecule has 1 unspecified atom stereocenters. The molecule has 0 aliphatic carbocycles. The van der Waals surface area contributed by atoms with Gasteiger partial charge in [0.2, 0.25) is 0 Å². The van der Waals surface area contributed by atoms with Gasteiger partial charge in [0.25, 0.3) is 0 Å². The Hall–Kier alpha value is -2.02. The maximum absolute atomic E-state index is 11.3. The Labute approximate surface area is 118 Å². The number of rotatable bonds is 4. The van der Waals surface area contributed by atoms with Gasteiger partial charge in [-0.05, 0) is 26.0 Å². The van der Waals surface area contributed by atoms with E-state index in [0.717, 1.165) is 23.3 Å². The Morgan fingerprint density at radius 3 is 2.40 bits per heavy atom. The van der Waals surface area contributed by atoms with Crippen molar-refractivity contribution in [2.45, 2.75) is 24.9 Å². The molecule has 106 valence electrons. The van der Waals surface area contributed by atoms with Crippen molar-refractivity contribution in [2.75, 3.05) is 11.6 Å². The lowest BCUT2D eigenvalue weighted by atomic mass is 10.2. The summed E-state index contributed by atoms with van der Waals surface area (Å²) in [6, 6.07) is 3.12. The maximum Gasteiger partial charge on any atom is 0.192 e. The Morgan fingerprint density at radius 2 is 1.85 bits per heavy atom. The molecule has 2 heterocycles. The predicted octanol–water partition coefficient (Wildman–Crippen LogP) is 1.76. The lowest BCUT2D eigenvalue weighted by Gasteiger charge is -2.15. The largest absolute Gasteiger partial charge is 0.376 e. The van der Waals surface area contributed by atoms with Gasteiger partial charge in [-0.1, -0.05) is 0 Å². The van der Waals surface area contributed by atoms with E-state index < -0.39 is 9.84 Å². The van der Waals surface area contributed by atoms with Gasteiger partial charge in [0.15, 0.2) is 14.9 Å². The molecule has 0 fully saturated rings. The van der Waals surface area contributed by atoms with E-state index >= 15 is 0 Å². The molecule has 2 aromatic heterocycles. The van der Waals surface area contributed by atoms with Gasteiger partial charge >= 0.3 is 0 Å². The second-order valence-corrected chi connectivity index (χ2v) is 6.51. The molecule has 1 N–H and O–H groups in total. The monoisotopic (exact) mass is 292 g/mol. The van der Waals surface area contributed by atoms with E-state index in [1.807, 2.05) is 13.8 Å². The van der Waals surface area contributed by atoms with Crippen LogP contribution in [0.15, 0.2) is 35.7 Å². The molecule has 2 aromatic rings. The van der Waals surface area contributed by atoms with Crippen LogP contribution in [0.4, 0.5) is 5.69 Å². The third-order valence-electron chi connectivity index (χ3n) is 2.83. The average molecular weight is 292 g/mol. The molecular formula is C13H16N4O2S. The van der Waals surface area contributed by atoms with Crippen LogP contribution in [0.5, 0.6) is 0 Å². The minimum absolute atomic E-state index is 0.0467. The summed E-state index contributed by atoms with van der Waals surface area (Å²) in [4.78, 5) is 12.4. The first kappa shape index (κ1) is 14.4. The SMILES string of the molecule is Cc1nccnc1C(C)Nc1ccc(S(C)(=O)=O)nc1. The van der Waals surface area contributed by atoms with Crippen LogP contribution >= 0.6 is 0 Å². The van der Waals surface area contributed by atoms with Crippen LogP contribution in [0.1, 0.15) is 24.4 Å². The lowest BCUT2D eigenvalue weighted by molar-refractivity contribution is 0.598. The minimum Gasteiger partial charge on any atom is -0.376 e. The topological polar surface area (TPSA) is 84.8 Å². The highest BCUT2D eigenvalue weighted by atomic mass is 32.2. The summed E-state index contributed by atoms with van der Waals surface area (Å²) in [5.74, 6) is 0. The lowest BCUT2D eigenvalue weighted by Crippen LogP contribution is -2.11. The Balaban J connectivity index is 2.17. The van der Waals surface area contributed by atoms with Gasteiger partial charge < -0.3 is 5.32 Å². The number of hydrogen-bond acceptors (Lipinski definition) is 6. The summed E-state index contributed by atoms with van der Waals surface area (Å²) in [5, 5.41) is 3.28. The van der Waals surface area contributed by atoms with Crippen LogP contribution in [-0.2, 0) is 9.84 Å². The molecule has 20 heavy (non-hydrogen) atoms. The van der Waals surface area contributed by atoms with E-state index in [9.17, 15) is 8.42 Å². The molecule has 0 radical (unpaired) electrons. The second-order valence-electron chi connectivity index (χ2n) is 4.55. The molecule has 2 rings (SSSR count). The van der Waals surface area contributed by atoms with Crippen LogP contribution in [0.25, 0.3) is 0 Å². The number of aromatic nitrogens is 3. The van der Waals surface area contributed by atoms with Crippen molar-refractivity contribution >= 4 is 15.5 Å². The van der Waals surface area contributed by atoms with Crippen molar-refractivity contribution in [3.8, 4) is 0 Å². The van der Waals surface area contributed by atoms with Gasteiger partial charge in [0.1, 0.15) is 0 Å². The predicted molar refractivity (Wildman–Crippen MR) is 76.2 cm³/mol. The van der Waals surface area contributed by atoms with Crippen LogP contribution in [0.2, 0.25) is 0 Å². The second kappa shape index (κ2) is 5.54. The number of aryl methyl sites for hydroxylation is 1. The van der Waals surface area contributed by atoms with Gasteiger partial charge in [-0.3, -0.25) is 9.97 Å². The zero-order valence-corrected chi connectivity index (χ0v) is 12.3. The highest BCUT2D eigenvalue weighted by Crippen LogP contribution is 2.19. The van der Waals surface area contributed by atoms with E-state index in [1.165, 1.54) is 12.3 Å². The molecular weight excluding hydrogens is 276 g/mol. The van der Waals surface area contributed by atoms with Gasteiger partial charge in [0, 0.05) is 18.6 Å². The van der Waals surface area contributed by atoms with Crippen molar-refractivity contribution in [2.24, 2.45) is 0 Å². The Kier molecular flexibility index (Phi) is 3.99. The standard InChI is InChI=1S/C13H16N4O2S/c1-9-13(15-7-6-14-9)10(2)17-11-4-5-12(16-8-11)20(3,18)19/h4-8,10,17H,1-3H3. The molecule has 0 saturated carbocycles. The smallest absolute Gasteiger partial charge is 0.192 e. The minimum atomic E-state index is -3.27. The summed E-state index contributed by atoms with van der Waals surface area (Å²) in [6.07, 6.45) is 5.92. The van der Waals surface area contributed by atoms with Crippen LogP contribution in [0.3, 0.4) is 0 Å². The quantitative estimate of drug-likeness (QED) is 0.924. The Morgan fingerprint density at radius 1 is 1.15 bits per heavy atom. The summed E-state index contributed by atoms with van der Waals surface area (Å²) >= 11 is 0. The molecule has 0 saturated heterocycles. The zero-order chi connectivity index (χ0) is 14.8. The number of hydrogen-bond donors (Lipinski definition) is 1. The number of nitrogens with one attached hydrogen (secondary N) is 1. The number of nitrogens with zero attached hydrogens (tertiary/aromatic N) is 3. The normalized spacial score (nSPS) is 12.9. The summed E-state index contributed by atoms with van der Waals surface area (Å²) in [6.45, 7) is 3.85. The Bertz CT molecular complexity index is 699. The highest BCUT2D eigenvalue weighted by molar-refractivity contribution is 7.90. The molecule has 0 bridgehead atoms. The fourth-order valence-corrected chi connectivity index (χ4v) is 2.41. The first-order chi connectivity index (χ1) is 9.38. The molecule has 7 heteroatoms. The fraction of sp³-hybridized carbons (Fsp3) is 0.308. The maximum atomic E-state index is 11.3. The van der Waals surface area contributed by atoms with E-state index in [0.29, 0.717) is 0 Å². The molecule has 0 aliphatic heterocycles. The zero-order valence-electron chi connectivity index (χ0n) is 11.5. The summed E-state index contributed by atoms with van der Waals surface area (Å²) < 4.78 is 22.7. The molecule has 1 atom stereocenters. The molecule has 6 nitrogen and oxygen atoms in total. The third kappa shape index (κ3) is 3.30. The van der Waals surface area contributed by atoms with Crippen LogP contribution in [0, 0.1) is 6.92 Å². The number of pyridine rings is 1. The highest BCUT2D eigenvalue weighted by Gasteiger charge is 2.12. The van der Waals surface area contributed by atoms with E-state index in [-0.39, 0.29) is 11.1 Å². The first-order valence-corrected chi connectivity index (χ1v) is 7.97. The molecule has 0 aromatic carbocycles. The fourth-order valence-electron chi connectivity index (χ4n) is 1.85. The van der Waals surface area contributed by atoms with Crippen molar-refractivity contribution in [3.63, 3.8) is 0 Å². The van der Waals surface area contributed by atoms with Gasteiger partial charge in [0.05, 0.1) is 29.3 Å². The molecule has 0 spiro atoms. The van der Waals surface area contributed by atoms with Crippen molar-refractivity contribution < 1.29 is 8.42 Å². The van der Waals surface area contributed by atoms with Crippen LogP contribution in [-0.4, -0.2) is 29.6 Å². The first-order valence-electron chi connectivity index (χ1n) is 6.08. The summed E-state index contributed by atoms with van der Waals surface area (Å²) in [7, 11) is -3.27. The molecule has 0 aliphatic rings. The van der Waals surface area contributed by atoms with Gasteiger partial charge in [-0.25, -0.2) is 13.4 Å². The summed E-state index contributed by atoms with van der Waals surface area (Å²) in [5.41, 5.74) is 2.43. The van der Waals surface area contributed by atoms with Crippen molar-refractivity contribution in [3.05, 3.63) is 42.1 Å². The van der Waals surface area contributed by atoms with E-state index in [1.54, 1.807) is 18.5 Å².